The highest BCUT2D eigenvalue weighted by molar-refractivity contribution is 7.89. The zero-order valence-corrected chi connectivity index (χ0v) is 20.8. The van der Waals surface area contributed by atoms with Crippen LogP contribution < -0.4 is 10.6 Å². The predicted molar refractivity (Wildman–Crippen MR) is 128 cm³/mol. The molecule has 0 aromatic heterocycles. The fraction of sp³-hybridized carbons (Fsp3) is 0.640. The van der Waals surface area contributed by atoms with Crippen LogP contribution >= 0.6 is 0 Å². The maximum absolute atomic E-state index is 13.5. The van der Waals surface area contributed by atoms with Gasteiger partial charge in [-0.25, -0.2) is 8.42 Å². The number of nitrogens with zero attached hydrogens (tertiary/aromatic N) is 1. The molecule has 1 heterocycles. The van der Waals surface area contributed by atoms with E-state index in [4.69, 9.17) is 0 Å². The minimum absolute atomic E-state index is 0.0649. The van der Waals surface area contributed by atoms with Gasteiger partial charge in [0.15, 0.2) is 0 Å². The van der Waals surface area contributed by atoms with Crippen molar-refractivity contribution >= 4 is 27.6 Å². The normalized spacial score (nSPS) is 28.2. The molecule has 2 bridgehead atoms. The molecule has 3 aliphatic rings. The van der Waals surface area contributed by atoms with Crippen molar-refractivity contribution in [1.29, 1.82) is 0 Å². The lowest BCUT2D eigenvalue weighted by Crippen LogP contribution is -2.51. The molecule has 1 aromatic carbocycles. The van der Waals surface area contributed by atoms with Crippen molar-refractivity contribution in [3.63, 3.8) is 0 Å². The summed E-state index contributed by atoms with van der Waals surface area (Å²) in [6.45, 7) is 5.10. The standard InChI is InChI=1S/C25H35N3O5S/c1-24(2)19-11-12-25(24,21(29)16-19)17-34(32,33)28-15-6-10-20(28)23(31)27-14-7-13-26-22(30)18-8-4-3-5-9-18/h3-5,8-9,19-20H,6-7,10-17H2,1-2H3,(H,26,30)(H,27,31)/t19?,20-,25-/m1/s1. The van der Waals surface area contributed by atoms with Crippen molar-refractivity contribution in [3.8, 4) is 0 Å². The van der Waals surface area contributed by atoms with Crippen LogP contribution in [-0.4, -0.2) is 61.7 Å². The van der Waals surface area contributed by atoms with Crippen molar-refractivity contribution in [1.82, 2.24) is 14.9 Å². The molecule has 34 heavy (non-hydrogen) atoms. The number of ketones is 1. The van der Waals surface area contributed by atoms with Crippen LogP contribution in [0.15, 0.2) is 30.3 Å². The third-order valence-corrected chi connectivity index (χ3v) is 10.4. The number of carbonyl (C=O) groups excluding carboxylic acids is 3. The smallest absolute Gasteiger partial charge is 0.251 e. The number of Topliss-reactive ketones (excluding diaryl/α,β-unsaturated/α-hetero) is 1. The summed E-state index contributed by atoms with van der Waals surface area (Å²) < 4.78 is 28.2. The number of carbonyl (C=O) groups is 3. The number of rotatable bonds is 9. The largest absolute Gasteiger partial charge is 0.355 e. The van der Waals surface area contributed by atoms with Gasteiger partial charge in [0.25, 0.3) is 5.91 Å². The quantitative estimate of drug-likeness (QED) is 0.516. The maximum Gasteiger partial charge on any atom is 0.251 e. The molecule has 0 spiro atoms. The summed E-state index contributed by atoms with van der Waals surface area (Å²) in [6, 6.07) is 8.16. The molecule has 9 heteroatoms. The minimum atomic E-state index is -3.77. The molecule has 2 saturated carbocycles. The zero-order chi connectivity index (χ0) is 24.6. The van der Waals surface area contributed by atoms with E-state index >= 15 is 0 Å². The van der Waals surface area contributed by atoms with Crippen LogP contribution in [0.5, 0.6) is 0 Å². The molecule has 1 aliphatic heterocycles. The van der Waals surface area contributed by atoms with Gasteiger partial charge in [0.05, 0.1) is 5.75 Å². The first-order chi connectivity index (χ1) is 16.1. The van der Waals surface area contributed by atoms with Crippen molar-refractivity contribution in [2.24, 2.45) is 16.7 Å². The second-order valence-electron chi connectivity index (χ2n) is 10.5. The molecule has 1 saturated heterocycles. The van der Waals surface area contributed by atoms with Gasteiger partial charge < -0.3 is 10.6 Å². The van der Waals surface area contributed by atoms with Gasteiger partial charge in [0, 0.05) is 37.0 Å². The van der Waals surface area contributed by atoms with Crippen LogP contribution in [0.4, 0.5) is 0 Å². The van der Waals surface area contributed by atoms with Gasteiger partial charge in [-0.3, -0.25) is 14.4 Å². The van der Waals surface area contributed by atoms with Crippen LogP contribution in [0.3, 0.4) is 0 Å². The van der Waals surface area contributed by atoms with E-state index in [-0.39, 0.29) is 34.7 Å². The SMILES string of the molecule is CC1(C)C2CC[C@@]1(CS(=O)(=O)N1CCC[C@@H]1C(=O)NCCCNC(=O)c1ccccc1)C(=O)C2. The summed E-state index contributed by atoms with van der Waals surface area (Å²) >= 11 is 0. The minimum Gasteiger partial charge on any atom is -0.355 e. The lowest BCUT2D eigenvalue weighted by molar-refractivity contribution is -0.128. The van der Waals surface area contributed by atoms with E-state index in [0.29, 0.717) is 57.3 Å². The van der Waals surface area contributed by atoms with Crippen LogP contribution in [-0.2, 0) is 19.6 Å². The Bertz CT molecular complexity index is 1060. The van der Waals surface area contributed by atoms with Gasteiger partial charge in [-0.2, -0.15) is 4.31 Å². The van der Waals surface area contributed by atoms with Crippen LogP contribution in [0.25, 0.3) is 0 Å². The molecule has 0 radical (unpaired) electrons. The van der Waals surface area contributed by atoms with E-state index in [0.717, 1.165) is 6.42 Å². The first-order valence-electron chi connectivity index (χ1n) is 12.2. The second-order valence-corrected chi connectivity index (χ2v) is 12.4. The number of hydrogen-bond acceptors (Lipinski definition) is 5. The Morgan fingerprint density at radius 3 is 2.44 bits per heavy atom. The van der Waals surface area contributed by atoms with E-state index in [1.165, 1.54) is 4.31 Å². The van der Waals surface area contributed by atoms with E-state index in [1.54, 1.807) is 24.3 Å². The lowest BCUT2D eigenvalue weighted by Gasteiger charge is -2.37. The van der Waals surface area contributed by atoms with Gasteiger partial charge in [-0.15, -0.1) is 0 Å². The highest BCUT2D eigenvalue weighted by Gasteiger charge is 2.66. The molecule has 186 valence electrons. The van der Waals surface area contributed by atoms with Crippen molar-refractivity contribution in [2.75, 3.05) is 25.4 Å². The molecule has 2 amide bonds. The average molecular weight is 490 g/mol. The van der Waals surface area contributed by atoms with Gasteiger partial charge in [-0.05, 0) is 55.6 Å². The average Bonchev–Trinajstić information content (AvgIpc) is 3.44. The predicted octanol–water partition coefficient (Wildman–Crippen LogP) is 2.11. The summed E-state index contributed by atoms with van der Waals surface area (Å²) in [4.78, 5) is 37.7. The molecule has 3 fully saturated rings. The Morgan fingerprint density at radius 2 is 1.79 bits per heavy atom. The Labute approximate surface area is 201 Å². The lowest BCUT2D eigenvalue weighted by atomic mass is 9.70. The fourth-order valence-corrected chi connectivity index (χ4v) is 8.61. The van der Waals surface area contributed by atoms with Gasteiger partial charge >= 0.3 is 0 Å². The van der Waals surface area contributed by atoms with E-state index in [2.05, 4.69) is 10.6 Å². The number of sulfonamides is 1. The molecule has 2 N–H and O–H groups in total. The van der Waals surface area contributed by atoms with Gasteiger partial charge in [-0.1, -0.05) is 32.0 Å². The molecule has 4 rings (SSSR count). The molecule has 8 nitrogen and oxygen atoms in total. The molecular formula is C25H35N3O5S. The summed E-state index contributed by atoms with van der Waals surface area (Å²) in [5, 5.41) is 5.64. The Balaban J connectivity index is 1.30. The highest BCUT2D eigenvalue weighted by atomic mass is 32.2. The summed E-state index contributed by atoms with van der Waals surface area (Å²) in [5.41, 5.74) is -0.592. The van der Waals surface area contributed by atoms with Gasteiger partial charge in [0.1, 0.15) is 11.8 Å². The maximum atomic E-state index is 13.5. The first-order valence-corrected chi connectivity index (χ1v) is 13.8. The van der Waals surface area contributed by atoms with Gasteiger partial charge in [0.2, 0.25) is 15.9 Å². The summed E-state index contributed by atoms with van der Waals surface area (Å²) in [5.74, 6) is -0.366. The molecule has 1 aromatic rings. The summed E-state index contributed by atoms with van der Waals surface area (Å²) in [6.07, 6.45) is 3.60. The third kappa shape index (κ3) is 4.40. The Hall–Kier alpha value is -2.26. The van der Waals surface area contributed by atoms with E-state index in [9.17, 15) is 22.8 Å². The van der Waals surface area contributed by atoms with Crippen molar-refractivity contribution < 1.29 is 22.8 Å². The number of nitrogens with one attached hydrogen (secondary N) is 2. The molecule has 2 aliphatic carbocycles. The van der Waals surface area contributed by atoms with Crippen molar-refractivity contribution in [3.05, 3.63) is 35.9 Å². The fourth-order valence-electron chi connectivity index (χ4n) is 6.15. The van der Waals surface area contributed by atoms with E-state index in [1.807, 2.05) is 19.9 Å². The Morgan fingerprint density at radius 1 is 1.09 bits per heavy atom. The molecule has 3 atom stereocenters. The number of benzene rings is 1. The number of fused-ring (bicyclic) bond motifs is 2. The first kappa shape index (κ1) is 24.9. The van der Waals surface area contributed by atoms with Crippen LogP contribution in [0.1, 0.15) is 62.7 Å². The third-order valence-electron chi connectivity index (χ3n) is 8.41. The topological polar surface area (TPSA) is 113 Å². The number of amides is 2. The van der Waals surface area contributed by atoms with Crippen LogP contribution in [0.2, 0.25) is 0 Å². The zero-order valence-electron chi connectivity index (χ0n) is 20.0. The molecule has 1 unspecified atom stereocenters. The monoisotopic (exact) mass is 489 g/mol. The Kier molecular flexibility index (Phi) is 6.88. The second kappa shape index (κ2) is 9.41. The highest BCUT2D eigenvalue weighted by Crippen LogP contribution is 2.64. The van der Waals surface area contributed by atoms with Crippen LogP contribution in [0, 0.1) is 16.7 Å². The van der Waals surface area contributed by atoms with Crippen molar-refractivity contribution in [2.45, 2.75) is 58.4 Å². The van der Waals surface area contributed by atoms with E-state index < -0.39 is 21.5 Å². The molecular weight excluding hydrogens is 454 g/mol. The summed E-state index contributed by atoms with van der Waals surface area (Å²) in [7, 11) is -3.77. The number of hydrogen-bond donors (Lipinski definition) is 2.